The minimum absolute atomic E-state index is 0.772. The summed E-state index contributed by atoms with van der Waals surface area (Å²) >= 11 is 2.08. The normalized spacial score (nSPS) is 22.9. The highest BCUT2D eigenvalue weighted by Crippen LogP contribution is 2.20. The molecule has 0 amide bonds. The molecule has 2 nitrogen and oxygen atoms in total. The SMILES string of the molecule is COCCC1CCCN(CCSC(C)C)C1. The summed E-state index contributed by atoms with van der Waals surface area (Å²) in [5.74, 6) is 2.16. The van der Waals surface area contributed by atoms with Crippen LogP contribution in [-0.4, -0.2) is 49.3 Å². The lowest BCUT2D eigenvalue weighted by Crippen LogP contribution is -2.37. The Balaban J connectivity index is 2.12. The standard InChI is InChI=1S/C13H27NOS/c1-12(2)16-10-8-14-7-4-5-13(11-14)6-9-15-3/h12-13H,4-11H2,1-3H3. The average molecular weight is 245 g/mol. The van der Waals surface area contributed by atoms with Gasteiger partial charge in [0.2, 0.25) is 0 Å². The van der Waals surface area contributed by atoms with Crippen LogP contribution in [0.1, 0.15) is 33.1 Å². The zero-order chi connectivity index (χ0) is 11.8. The number of hydrogen-bond acceptors (Lipinski definition) is 3. The molecule has 0 radical (unpaired) electrons. The Morgan fingerprint density at radius 2 is 2.25 bits per heavy atom. The molecule has 1 aliphatic heterocycles. The molecular weight excluding hydrogens is 218 g/mol. The van der Waals surface area contributed by atoms with Crippen molar-refractivity contribution >= 4 is 11.8 Å². The second-order valence-electron chi connectivity index (χ2n) is 5.01. The van der Waals surface area contributed by atoms with Gasteiger partial charge in [-0.1, -0.05) is 13.8 Å². The van der Waals surface area contributed by atoms with Crippen molar-refractivity contribution < 1.29 is 4.74 Å². The molecule has 1 aliphatic rings. The van der Waals surface area contributed by atoms with Gasteiger partial charge in [0, 0.05) is 32.6 Å². The summed E-state index contributed by atoms with van der Waals surface area (Å²) in [6, 6.07) is 0. The molecule has 96 valence electrons. The highest BCUT2D eigenvalue weighted by molar-refractivity contribution is 7.99. The molecule has 1 saturated heterocycles. The van der Waals surface area contributed by atoms with Gasteiger partial charge in [0.1, 0.15) is 0 Å². The average Bonchev–Trinajstić information content (AvgIpc) is 2.26. The molecule has 3 heteroatoms. The lowest BCUT2D eigenvalue weighted by atomic mass is 9.95. The van der Waals surface area contributed by atoms with E-state index in [4.69, 9.17) is 4.74 Å². The molecule has 1 fully saturated rings. The first-order valence-corrected chi connectivity index (χ1v) is 7.60. The van der Waals surface area contributed by atoms with Gasteiger partial charge >= 0.3 is 0 Å². The van der Waals surface area contributed by atoms with Gasteiger partial charge in [0.05, 0.1) is 0 Å². The number of nitrogens with zero attached hydrogens (tertiary/aromatic N) is 1. The molecule has 0 spiro atoms. The van der Waals surface area contributed by atoms with Crippen molar-refractivity contribution in [3.05, 3.63) is 0 Å². The molecule has 1 rings (SSSR count). The third-order valence-electron chi connectivity index (χ3n) is 3.19. The molecule has 16 heavy (non-hydrogen) atoms. The van der Waals surface area contributed by atoms with Crippen LogP contribution in [0.2, 0.25) is 0 Å². The van der Waals surface area contributed by atoms with E-state index in [1.54, 1.807) is 7.11 Å². The molecule has 0 saturated carbocycles. The van der Waals surface area contributed by atoms with Crippen LogP contribution in [0.3, 0.4) is 0 Å². The van der Waals surface area contributed by atoms with Gasteiger partial charge in [-0.2, -0.15) is 11.8 Å². The minimum atomic E-state index is 0.772. The van der Waals surface area contributed by atoms with Gasteiger partial charge in [-0.25, -0.2) is 0 Å². The first kappa shape index (κ1) is 14.3. The predicted octanol–water partition coefficient (Wildman–Crippen LogP) is 2.88. The van der Waals surface area contributed by atoms with Crippen LogP contribution in [-0.2, 0) is 4.74 Å². The first-order valence-electron chi connectivity index (χ1n) is 6.55. The maximum atomic E-state index is 5.17. The fraction of sp³-hybridized carbons (Fsp3) is 1.00. The predicted molar refractivity (Wildman–Crippen MR) is 73.3 cm³/mol. The smallest absolute Gasteiger partial charge is 0.0465 e. The number of likely N-dealkylation sites (tertiary alicyclic amines) is 1. The third-order valence-corrected chi connectivity index (χ3v) is 4.28. The van der Waals surface area contributed by atoms with Crippen molar-refractivity contribution in [2.24, 2.45) is 5.92 Å². The number of methoxy groups -OCH3 is 1. The van der Waals surface area contributed by atoms with Gasteiger partial charge in [-0.3, -0.25) is 0 Å². The second-order valence-corrected chi connectivity index (χ2v) is 6.69. The van der Waals surface area contributed by atoms with E-state index in [2.05, 4.69) is 30.5 Å². The van der Waals surface area contributed by atoms with Gasteiger partial charge in [-0.05, 0) is 37.0 Å². The van der Waals surface area contributed by atoms with E-state index in [9.17, 15) is 0 Å². The fourth-order valence-electron chi connectivity index (χ4n) is 2.29. The van der Waals surface area contributed by atoms with E-state index < -0.39 is 0 Å². The first-order chi connectivity index (χ1) is 7.72. The molecule has 0 aliphatic carbocycles. The monoisotopic (exact) mass is 245 g/mol. The second kappa shape index (κ2) is 8.37. The third kappa shape index (κ3) is 6.12. The molecule has 1 unspecified atom stereocenters. The van der Waals surface area contributed by atoms with E-state index in [1.165, 1.54) is 44.6 Å². The fourth-order valence-corrected chi connectivity index (χ4v) is 3.13. The quantitative estimate of drug-likeness (QED) is 0.684. The molecule has 0 bridgehead atoms. The molecule has 0 aromatic carbocycles. The highest BCUT2D eigenvalue weighted by Gasteiger charge is 2.19. The molecule has 0 aromatic rings. The summed E-state index contributed by atoms with van der Waals surface area (Å²) in [5.41, 5.74) is 0. The summed E-state index contributed by atoms with van der Waals surface area (Å²) in [7, 11) is 1.81. The topological polar surface area (TPSA) is 12.5 Å². The number of rotatable bonds is 7. The van der Waals surface area contributed by atoms with Crippen molar-refractivity contribution in [2.75, 3.05) is 39.1 Å². The van der Waals surface area contributed by atoms with Crippen molar-refractivity contribution in [2.45, 2.75) is 38.4 Å². The lowest BCUT2D eigenvalue weighted by Gasteiger charge is -2.32. The molecule has 0 N–H and O–H groups in total. The van der Waals surface area contributed by atoms with Crippen LogP contribution < -0.4 is 0 Å². The Hall–Kier alpha value is 0.270. The maximum Gasteiger partial charge on any atom is 0.0465 e. The maximum absolute atomic E-state index is 5.17. The molecule has 1 heterocycles. The number of thioether (sulfide) groups is 1. The Labute approximate surface area is 105 Å². The van der Waals surface area contributed by atoms with Crippen molar-refractivity contribution in [3.8, 4) is 0 Å². The van der Waals surface area contributed by atoms with E-state index in [0.29, 0.717) is 0 Å². The van der Waals surface area contributed by atoms with Gasteiger partial charge in [0.25, 0.3) is 0 Å². The van der Waals surface area contributed by atoms with Crippen molar-refractivity contribution in [1.82, 2.24) is 4.90 Å². The summed E-state index contributed by atoms with van der Waals surface area (Å²) < 4.78 is 5.17. The van der Waals surface area contributed by atoms with Crippen molar-refractivity contribution in [3.63, 3.8) is 0 Å². The zero-order valence-electron chi connectivity index (χ0n) is 11.1. The van der Waals surface area contributed by atoms with Crippen LogP contribution in [0.5, 0.6) is 0 Å². The van der Waals surface area contributed by atoms with Crippen LogP contribution >= 0.6 is 11.8 Å². The minimum Gasteiger partial charge on any atom is -0.385 e. The Morgan fingerprint density at radius 3 is 2.94 bits per heavy atom. The van der Waals surface area contributed by atoms with Gasteiger partial charge in [-0.15, -0.1) is 0 Å². The van der Waals surface area contributed by atoms with E-state index in [1.807, 2.05) is 0 Å². The summed E-state index contributed by atoms with van der Waals surface area (Å²) in [6.45, 7) is 9.36. The van der Waals surface area contributed by atoms with Crippen LogP contribution in [0.15, 0.2) is 0 Å². The largest absolute Gasteiger partial charge is 0.385 e. The molecule has 0 aromatic heterocycles. The Bertz CT molecular complexity index is 175. The van der Waals surface area contributed by atoms with Crippen LogP contribution in [0.25, 0.3) is 0 Å². The zero-order valence-corrected chi connectivity index (χ0v) is 11.9. The Morgan fingerprint density at radius 1 is 1.44 bits per heavy atom. The van der Waals surface area contributed by atoms with Crippen LogP contribution in [0.4, 0.5) is 0 Å². The van der Waals surface area contributed by atoms with Crippen molar-refractivity contribution in [1.29, 1.82) is 0 Å². The van der Waals surface area contributed by atoms with E-state index in [0.717, 1.165) is 17.8 Å². The van der Waals surface area contributed by atoms with Gasteiger partial charge < -0.3 is 9.64 Å². The Kier molecular flexibility index (Phi) is 7.50. The van der Waals surface area contributed by atoms with Gasteiger partial charge in [0.15, 0.2) is 0 Å². The number of piperidine rings is 1. The molecule has 1 atom stereocenters. The lowest BCUT2D eigenvalue weighted by molar-refractivity contribution is 0.131. The van der Waals surface area contributed by atoms with E-state index in [-0.39, 0.29) is 0 Å². The summed E-state index contributed by atoms with van der Waals surface area (Å²) in [6.07, 6.45) is 4.02. The van der Waals surface area contributed by atoms with E-state index >= 15 is 0 Å². The van der Waals surface area contributed by atoms with Crippen LogP contribution in [0, 0.1) is 5.92 Å². The molecular formula is C13H27NOS. The summed E-state index contributed by atoms with van der Waals surface area (Å²) in [5, 5.41) is 0.772. The summed E-state index contributed by atoms with van der Waals surface area (Å²) in [4.78, 5) is 2.64. The number of hydrogen-bond donors (Lipinski definition) is 0. The highest BCUT2D eigenvalue weighted by atomic mass is 32.2. The number of ether oxygens (including phenoxy) is 1.